The number of Topliss-reactive ketones (excluding diaryl/α,β-unsaturated/α-hetero) is 2. The first-order valence-electron chi connectivity index (χ1n) is 11.0. The molecule has 2 amide bonds. The van der Waals surface area contributed by atoms with E-state index in [-0.39, 0.29) is 21.8 Å². The zero-order valence-electron chi connectivity index (χ0n) is 18.3. The zero-order chi connectivity index (χ0) is 24.6. The average Bonchev–Trinajstić information content (AvgIpc) is 3.41. The number of ketones is 2. The van der Waals surface area contributed by atoms with Gasteiger partial charge in [0.1, 0.15) is 5.82 Å². The SMILES string of the molecule is Cc1ccc([C@H]2OC3(C(=O)c4ccccc4C3=O)[C@H]3C(=O)N(c4ccc(F)c(Cl)c4)C(=O)[C@H]23)cc1. The number of halogens is 2. The van der Waals surface area contributed by atoms with Crippen molar-refractivity contribution >= 4 is 40.7 Å². The van der Waals surface area contributed by atoms with Gasteiger partial charge in [0, 0.05) is 11.1 Å². The van der Waals surface area contributed by atoms with Gasteiger partial charge in [-0.05, 0) is 30.7 Å². The Morgan fingerprint density at radius 2 is 1.51 bits per heavy atom. The molecule has 0 aromatic heterocycles. The van der Waals surface area contributed by atoms with E-state index >= 15 is 0 Å². The highest BCUT2D eigenvalue weighted by molar-refractivity contribution is 6.37. The van der Waals surface area contributed by atoms with Crippen molar-refractivity contribution in [2.45, 2.75) is 18.6 Å². The topological polar surface area (TPSA) is 80.8 Å². The fourth-order valence-electron chi connectivity index (χ4n) is 5.45. The summed E-state index contributed by atoms with van der Waals surface area (Å²) in [6.45, 7) is 1.90. The maximum atomic E-state index is 13.8. The van der Waals surface area contributed by atoms with Crippen molar-refractivity contribution in [1.82, 2.24) is 0 Å². The smallest absolute Gasteiger partial charge is 0.241 e. The molecule has 6 rings (SSSR count). The van der Waals surface area contributed by atoms with Gasteiger partial charge in [-0.3, -0.25) is 19.2 Å². The third-order valence-corrected chi connectivity index (χ3v) is 7.38. The Kier molecular flexibility index (Phi) is 4.62. The first kappa shape index (κ1) is 21.8. The van der Waals surface area contributed by atoms with Crippen LogP contribution in [0.15, 0.2) is 66.7 Å². The van der Waals surface area contributed by atoms with Gasteiger partial charge in [0.15, 0.2) is 0 Å². The molecule has 2 saturated heterocycles. The lowest BCUT2D eigenvalue weighted by Gasteiger charge is -2.27. The lowest BCUT2D eigenvalue weighted by atomic mass is 9.77. The standard InChI is InChI=1S/C27H17ClFNO5/c1-13-6-8-14(9-7-13)22-20-21(26(34)30(25(20)33)15-10-11-19(29)18(28)12-15)27(35-22)23(31)16-4-2-3-5-17(16)24(27)32/h2-12,20-22H,1H3/t20-,21+,22+/m0/s1. The molecule has 3 aromatic rings. The first-order valence-corrected chi connectivity index (χ1v) is 11.4. The normalized spacial score (nSPS) is 24.4. The Bertz CT molecular complexity index is 1430. The highest BCUT2D eigenvalue weighted by Crippen LogP contribution is 2.57. The van der Waals surface area contributed by atoms with Gasteiger partial charge in [-0.25, -0.2) is 9.29 Å². The van der Waals surface area contributed by atoms with Gasteiger partial charge in [0.25, 0.3) is 0 Å². The molecule has 3 aromatic carbocycles. The molecule has 1 aliphatic carbocycles. The lowest BCUT2D eigenvalue weighted by Crippen LogP contribution is -2.51. The van der Waals surface area contributed by atoms with Gasteiger partial charge in [-0.1, -0.05) is 65.7 Å². The van der Waals surface area contributed by atoms with E-state index in [4.69, 9.17) is 16.3 Å². The summed E-state index contributed by atoms with van der Waals surface area (Å²) >= 11 is 5.92. The number of anilines is 1. The third-order valence-electron chi connectivity index (χ3n) is 7.09. The van der Waals surface area contributed by atoms with E-state index in [1.807, 2.05) is 19.1 Å². The lowest BCUT2D eigenvalue weighted by molar-refractivity contribution is -0.127. The number of ether oxygens (including phenoxy) is 1. The Morgan fingerprint density at radius 1 is 0.886 bits per heavy atom. The molecule has 35 heavy (non-hydrogen) atoms. The van der Waals surface area contributed by atoms with Crippen LogP contribution in [0.3, 0.4) is 0 Å². The van der Waals surface area contributed by atoms with Crippen LogP contribution in [-0.2, 0) is 14.3 Å². The number of amides is 2. The van der Waals surface area contributed by atoms with Gasteiger partial charge < -0.3 is 4.74 Å². The highest BCUT2D eigenvalue weighted by Gasteiger charge is 2.74. The molecule has 3 aliphatic rings. The number of aryl methyl sites for hydroxylation is 1. The summed E-state index contributed by atoms with van der Waals surface area (Å²) in [5.74, 6) is -5.88. The van der Waals surface area contributed by atoms with Crippen molar-refractivity contribution < 1.29 is 28.3 Å². The number of rotatable bonds is 2. The summed E-state index contributed by atoms with van der Waals surface area (Å²) in [6.07, 6.45) is -1.01. The number of carbonyl (C=O) groups is 4. The second kappa shape index (κ2) is 7.41. The largest absolute Gasteiger partial charge is 0.349 e. The van der Waals surface area contributed by atoms with E-state index in [1.54, 1.807) is 24.3 Å². The van der Waals surface area contributed by atoms with Crippen molar-refractivity contribution in [1.29, 1.82) is 0 Å². The molecule has 8 heteroatoms. The van der Waals surface area contributed by atoms with Crippen LogP contribution in [0.2, 0.25) is 5.02 Å². The Hall–Kier alpha value is -3.68. The molecule has 174 valence electrons. The van der Waals surface area contributed by atoms with E-state index in [0.717, 1.165) is 16.5 Å². The van der Waals surface area contributed by atoms with Gasteiger partial charge >= 0.3 is 0 Å². The van der Waals surface area contributed by atoms with E-state index in [0.29, 0.717) is 5.56 Å². The average molecular weight is 490 g/mol. The molecule has 2 aliphatic heterocycles. The summed E-state index contributed by atoms with van der Waals surface area (Å²) < 4.78 is 20.0. The first-order chi connectivity index (χ1) is 16.8. The summed E-state index contributed by atoms with van der Waals surface area (Å²) in [6, 6.07) is 16.9. The fraction of sp³-hybridized carbons (Fsp3) is 0.185. The number of benzene rings is 3. The number of nitrogens with zero attached hydrogens (tertiary/aromatic N) is 1. The Balaban J connectivity index is 1.54. The van der Waals surface area contributed by atoms with Crippen LogP contribution in [-0.4, -0.2) is 29.0 Å². The summed E-state index contributed by atoms with van der Waals surface area (Å²) in [7, 11) is 0. The van der Waals surface area contributed by atoms with Crippen LogP contribution in [0.25, 0.3) is 0 Å². The maximum absolute atomic E-state index is 13.8. The van der Waals surface area contributed by atoms with Crippen LogP contribution in [0.4, 0.5) is 10.1 Å². The van der Waals surface area contributed by atoms with E-state index < -0.39 is 52.7 Å². The van der Waals surface area contributed by atoms with Crippen LogP contribution >= 0.6 is 11.6 Å². The number of hydrogen-bond acceptors (Lipinski definition) is 5. The quantitative estimate of drug-likeness (QED) is 0.391. The van der Waals surface area contributed by atoms with Gasteiger partial charge in [-0.15, -0.1) is 0 Å². The van der Waals surface area contributed by atoms with Crippen LogP contribution in [0.1, 0.15) is 37.9 Å². The molecule has 0 radical (unpaired) electrons. The highest BCUT2D eigenvalue weighted by atomic mass is 35.5. The molecule has 3 atom stereocenters. The van der Waals surface area contributed by atoms with Gasteiger partial charge in [0.2, 0.25) is 29.0 Å². The molecule has 0 N–H and O–H groups in total. The van der Waals surface area contributed by atoms with Crippen molar-refractivity contribution in [3.63, 3.8) is 0 Å². The minimum atomic E-state index is -2.16. The third kappa shape index (κ3) is 2.79. The molecule has 1 spiro atoms. The Labute approximate surface area is 204 Å². The predicted octanol–water partition coefficient (Wildman–Crippen LogP) is 4.48. The number of carbonyl (C=O) groups excluding carboxylic acids is 4. The van der Waals surface area contributed by atoms with E-state index in [2.05, 4.69) is 0 Å². The van der Waals surface area contributed by atoms with Gasteiger partial charge in [0.05, 0.1) is 28.6 Å². The molecule has 0 saturated carbocycles. The predicted molar refractivity (Wildman–Crippen MR) is 124 cm³/mol. The molecular weight excluding hydrogens is 473 g/mol. The van der Waals surface area contributed by atoms with Crippen LogP contribution in [0.5, 0.6) is 0 Å². The fourth-order valence-corrected chi connectivity index (χ4v) is 5.63. The summed E-state index contributed by atoms with van der Waals surface area (Å²) in [4.78, 5) is 55.8. The number of imide groups is 1. The second-order valence-electron chi connectivity index (χ2n) is 9.00. The maximum Gasteiger partial charge on any atom is 0.241 e. The zero-order valence-corrected chi connectivity index (χ0v) is 19.1. The van der Waals surface area contributed by atoms with Crippen molar-refractivity contribution in [2.75, 3.05) is 4.90 Å². The summed E-state index contributed by atoms with van der Waals surface area (Å²) in [5, 5.41) is -0.262. The molecule has 0 unspecified atom stereocenters. The molecule has 2 fully saturated rings. The molecule has 0 bridgehead atoms. The monoisotopic (exact) mass is 489 g/mol. The van der Waals surface area contributed by atoms with Gasteiger partial charge in [-0.2, -0.15) is 0 Å². The second-order valence-corrected chi connectivity index (χ2v) is 9.41. The van der Waals surface area contributed by atoms with E-state index in [1.165, 1.54) is 24.3 Å². The molecular formula is C27H17ClFNO5. The Morgan fingerprint density at radius 3 is 2.11 bits per heavy atom. The minimum absolute atomic E-state index is 0.0639. The van der Waals surface area contributed by atoms with Crippen molar-refractivity contribution in [2.24, 2.45) is 11.8 Å². The van der Waals surface area contributed by atoms with Crippen molar-refractivity contribution in [3.05, 3.63) is 99.8 Å². The van der Waals surface area contributed by atoms with Crippen LogP contribution in [0, 0.1) is 24.6 Å². The van der Waals surface area contributed by atoms with Crippen molar-refractivity contribution in [3.8, 4) is 0 Å². The molecule has 2 heterocycles. The van der Waals surface area contributed by atoms with E-state index in [9.17, 15) is 23.6 Å². The molecule has 6 nitrogen and oxygen atoms in total. The van der Waals surface area contributed by atoms with Crippen LogP contribution < -0.4 is 4.90 Å². The number of fused-ring (bicyclic) bond motifs is 3. The number of hydrogen-bond donors (Lipinski definition) is 0. The summed E-state index contributed by atoms with van der Waals surface area (Å²) in [5.41, 5.74) is -0.244. The minimum Gasteiger partial charge on any atom is -0.349 e.